The minimum atomic E-state index is 0.828. The van der Waals surface area contributed by atoms with E-state index in [1.807, 2.05) is 0 Å². The van der Waals surface area contributed by atoms with Gasteiger partial charge in [-0.05, 0) is 69.3 Å². The number of aromatic amines is 1. The van der Waals surface area contributed by atoms with Gasteiger partial charge in [0.2, 0.25) is 11.5 Å². The number of hydrogen-bond donors (Lipinski definition) is 2. The lowest BCUT2D eigenvalue weighted by atomic mass is 9.89. The van der Waals surface area contributed by atoms with Gasteiger partial charge in [-0.2, -0.15) is 9.66 Å². The Morgan fingerprint density at radius 2 is 1.76 bits per heavy atom. The Hall–Kier alpha value is -2.58. The van der Waals surface area contributed by atoms with Crippen molar-refractivity contribution in [1.29, 1.82) is 5.26 Å². The van der Waals surface area contributed by atoms with E-state index in [0.29, 0.717) is 0 Å². The summed E-state index contributed by atoms with van der Waals surface area (Å²) < 4.78 is 2.26. The van der Waals surface area contributed by atoms with Crippen LogP contribution in [0.2, 0.25) is 0 Å². The molecule has 3 heterocycles. The molecule has 5 heteroatoms. The van der Waals surface area contributed by atoms with E-state index >= 15 is 0 Å². The fourth-order valence-electron chi connectivity index (χ4n) is 5.20. The summed E-state index contributed by atoms with van der Waals surface area (Å²) in [6.07, 6.45) is 9.83. The fraction of sp³-hybridized carbons (Fsp3) is 0.500. The molecule has 0 unspecified atom stereocenters. The van der Waals surface area contributed by atoms with Crippen LogP contribution in [-0.2, 0) is 12.8 Å². The Morgan fingerprint density at radius 3 is 2.55 bits per heavy atom. The van der Waals surface area contributed by atoms with Crippen molar-refractivity contribution in [3.63, 3.8) is 0 Å². The molecule has 3 aromatic rings. The Morgan fingerprint density at radius 1 is 1.00 bits per heavy atom. The number of nitrogens with zero attached hydrogens (tertiary/aromatic N) is 3. The molecule has 0 atom stereocenters. The van der Waals surface area contributed by atoms with E-state index < -0.39 is 0 Å². The maximum Gasteiger partial charge on any atom is 0.250 e. The van der Waals surface area contributed by atoms with Gasteiger partial charge < -0.3 is 10.2 Å². The van der Waals surface area contributed by atoms with Crippen molar-refractivity contribution in [2.75, 3.05) is 31.5 Å². The number of fused-ring (bicyclic) bond motifs is 4. The monoisotopic (exact) mass is 388 g/mol. The molecule has 1 aliphatic carbocycles. The zero-order valence-electron chi connectivity index (χ0n) is 17.1. The van der Waals surface area contributed by atoms with E-state index in [9.17, 15) is 5.26 Å². The van der Waals surface area contributed by atoms with E-state index in [1.165, 1.54) is 68.6 Å². The average molecular weight is 389 g/mol. The summed E-state index contributed by atoms with van der Waals surface area (Å²) in [5.74, 6) is 1.20. The summed E-state index contributed by atoms with van der Waals surface area (Å²) in [5.41, 5.74) is 6.60. The minimum Gasteiger partial charge on any atom is -0.304 e. The molecular weight excluding hydrogens is 358 g/mol. The number of rotatable bonds is 4. The third kappa shape index (κ3) is 3.36. The molecule has 0 bridgehead atoms. The van der Waals surface area contributed by atoms with Crippen molar-refractivity contribution in [3.8, 4) is 6.07 Å². The highest BCUT2D eigenvalue weighted by Gasteiger charge is 2.28. The molecule has 1 saturated heterocycles. The second-order valence-corrected chi connectivity index (χ2v) is 8.51. The smallest absolute Gasteiger partial charge is 0.250 e. The van der Waals surface area contributed by atoms with Gasteiger partial charge in [-0.15, -0.1) is 0 Å². The van der Waals surface area contributed by atoms with Crippen LogP contribution < -0.4 is 9.72 Å². The molecule has 29 heavy (non-hydrogen) atoms. The summed E-state index contributed by atoms with van der Waals surface area (Å²) in [6, 6.07) is 10.9. The summed E-state index contributed by atoms with van der Waals surface area (Å²) in [4.78, 5) is 6.13. The molecule has 1 aliphatic heterocycles. The predicted octanol–water partition coefficient (Wildman–Crippen LogP) is 3.94. The quantitative estimate of drug-likeness (QED) is 0.666. The average Bonchev–Trinajstić information content (AvgIpc) is 2.94. The van der Waals surface area contributed by atoms with Gasteiger partial charge in [-0.25, -0.2) is 0 Å². The molecule has 1 fully saturated rings. The number of nitriles is 1. The maximum absolute atomic E-state index is 9.97. The molecule has 0 radical (unpaired) electrons. The number of H-pyrrole nitrogens is 1. The summed E-state index contributed by atoms with van der Waals surface area (Å²) >= 11 is 0. The molecule has 2 aromatic heterocycles. The van der Waals surface area contributed by atoms with Crippen molar-refractivity contribution >= 4 is 22.5 Å². The number of hydrogen-bond acceptors (Lipinski definition) is 3. The van der Waals surface area contributed by atoms with E-state index in [2.05, 4.69) is 49.9 Å². The summed E-state index contributed by atoms with van der Waals surface area (Å²) in [5, 5.41) is 13.8. The van der Waals surface area contributed by atoms with Crippen molar-refractivity contribution in [2.45, 2.75) is 51.4 Å². The molecule has 2 aliphatic rings. The van der Waals surface area contributed by atoms with Crippen molar-refractivity contribution in [2.24, 2.45) is 0 Å². The van der Waals surface area contributed by atoms with Gasteiger partial charge in [-0.3, -0.25) is 4.98 Å². The van der Waals surface area contributed by atoms with E-state index in [1.54, 1.807) is 0 Å². The van der Waals surface area contributed by atoms with Crippen LogP contribution in [0.4, 0.5) is 5.82 Å². The molecule has 0 spiro atoms. The highest BCUT2D eigenvalue weighted by atomic mass is 15.2. The number of para-hydroxylation sites is 2. The first-order valence-corrected chi connectivity index (χ1v) is 11.2. The normalized spacial score (nSPS) is 17.8. The number of imidazole rings is 1. The van der Waals surface area contributed by atoms with Crippen LogP contribution in [0.3, 0.4) is 0 Å². The Balaban J connectivity index is 1.56. The van der Waals surface area contributed by atoms with E-state index in [-0.39, 0.29) is 0 Å². The van der Waals surface area contributed by atoms with Gasteiger partial charge in [0.1, 0.15) is 22.7 Å². The van der Waals surface area contributed by atoms with Crippen molar-refractivity contribution in [3.05, 3.63) is 41.0 Å². The lowest BCUT2D eigenvalue weighted by Gasteiger charge is -2.22. The molecule has 0 saturated carbocycles. The molecule has 150 valence electrons. The Bertz CT molecular complexity index is 1070. The molecule has 5 nitrogen and oxygen atoms in total. The van der Waals surface area contributed by atoms with Gasteiger partial charge in [0.05, 0.1) is 6.54 Å². The van der Waals surface area contributed by atoms with Crippen LogP contribution in [-0.4, -0.2) is 36.1 Å². The topological polar surface area (TPSA) is 59.0 Å². The van der Waals surface area contributed by atoms with Crippen LogP contribution >= 0.6 is 0 Å². The Labute approximate surface area is 172 Å². The lowest BCUT2D eigenvalue weighted by molar-refractivity contribution is -0.465. The van der Waals surface area contributed by atoms with E-state index in [4.69, 9.17) is 0 Å². The Kier molecular flexibility index (Phi) is 5.12. The molecule has 0 amide bonds. The summed E-state index contributed by atoms with van der Waals surface area (Å²) in [7, 11) is 0. The van der Waals surface area contributed by atoms with Crippen LogP contribution in [0.25, 0.3) is 16.7 Å². The molecule has 5 rings (SSSR count). The van der Waals surface area contributed by atoms with Crippen molar-refractivity contribution < 1.29 is 4.40 Å². The number of anilines is 1. The number of benzene rings is 1. The number of likely N-dealkylation sites (tertiary alicyclic amines) is 1. The standard InChI is InChI=1S/C24H29N5/c25-17-20-18-9-3-4-10-19(18)23(26-13-16-28-14-7-1-2-8-15-28)29-22-12-6-5-11-21(22)27-24(20)29/h5-6,11-12H,1-4,7-10,13-16H2,(H,26,27)/p+1. The summed E-state index contributed by atoms with van der Waals surface area (Å²) in [6.45, 7) is 4.48. The fourth-order valence-corrected chi connectivity index (χ4v) is 5.20. The van der Waals surface area contributed by atoms with Crippen LogP contribution in [0.1, 0.15) is 55.2 Å². The van der Waals surface area contributed by atoms with Gasteiger partial charge in [0, 0.05) is 12.1 Å². The lowest BCUT2D eigenvalue weighted by Crippen LogP contribution is -2.35. The highest BCUT2D eigenvalue weighted by Crippen LogP contribution is 2.31. The largest absolute Gasteiger partial charge is 0.304 e. The molecule has 2 N–H and O–H groups in total. The molecular formula is C24H30N5+. The number of aromatic nitrogens is 2. The van der Waals surface area contributed by atoms with Crippen LogP contribution in [0.5, 0.6) is 0 Å². The van der Waals surface area contributed by atoms with Gasteiger partial charge in [0.15, 0.2) is 0 Å². The molecule has 1 aromatic carbocycles. The number of pyridine rings is 1. The van der Waals surface area contributed by atoms with Gasteiger partial charge in [-0.1, -0.05) is 25.0 Å². The maximum atomic E-state index is 9.97. The first kappa shape index (κ1) is 18.4. The zero-order valence-corrected chi connectivity index (χ0v) is 17.1. The second kappa shape index (κ2) is 8.04. The first-order valence-electron chi connectivity index (χ1n) is 11.2. The SMILES string of the molecule is N#Cc1c2c(c(NCCN3CCCCCC3)[n+]3c1[nH]c1ccccc13)CCCC2. The van der Waals surface area contributed by atoms with Crippen molar-refractivity contribution in [1.82, 2.24) is 9.88 Å². The third-order valence-corrected chi connectivity index (χ3v) is 6.67. The van der Waals surface area contributed by atoms with E-state index in [0.717, 1.165) is 48.2 Å². The minimum absolute atomic E-state index is 0.828. The second-order valence-electron chi connectivity index (χ2n) is 8.51. The first-order chi connectivity index (χ1) is 14.4. The number of nitrogens with one attached hydrogen (secondary N) is 2. The van der Waals surface area contributed by atoms with Gasteiger partial charge >= 0.3 is 0 Å². The van der Waals surface area contributed by atoms with Gasteiger partial charge in [0.25, 0.3) is 0 Å². The van der Waals surface area contributed by atoms with Crippen LogP contribution in [0, 0.1) is 11.3 Å². The third-order valence-electron chi connectivity index (χ3n) is 6.67. The van der Waals surface area contributed by atoms with Crippen LogP contribution in [0.15, 0.2) is 24.3 Å². The highest BCUT2D eigenvalue weighted by molar-refractivity contribution is 5.78. The predicted molar refractivity (Wildman–Crippen MR) is 116 cm³/mol. The zero-order chi connectivity index (χ0) is 19.6.